The van der Waals surface area contributed by atoms with Crippen molar-refractivity contribution in [3.63, 3.8) is 0 Å². The fourth-order valence-electron chi connectivity index (χ4n) is 3.63. The molecule has 0 aromatic carbocycles. The molecule has 1 aliphatic rings. The van der Waals surface area contributed by atoms with Gasteiger partial charge in [0.05, 0.1) is 24.0 Å². The monoisotopic (exact) mass is 274 g/mol. The summed E-state index contributed by atoms with van der Waals surface area (Å²) in [6, 6.07) is 7.38. The maximum Gasteiger partial charge on any atom is 0.136 e. The van der Waals surface area contributed by atoms with E-state index in [0.29, 0.717) is 6.42 Å². The van der Waals surface area contributed by atoms with Crippen molar-refractivity contribution in [3.8, 4) is 0 Å². The molecule has 1 saturated carbocycles. The molecule has 0 amide bonds. The predicted octanol–water partition coefficient (Wildman–Crippen LogP) is 3.10. The molecule has 4 heteroatoms. The molecule has 2 aromatic rings. The van der Waals surface area contributed by atoms with Crippen molar-refractivity contribution in [2.45, 2.75) is 37.7 Å². The average Bonchev–Trinajstić information content (AvgIpc) is 3.05. The van der Waals surface area contributed by atoms with Gasteiger partial charge in [0, 0.05) is 11.8 Å². The van der Waals surface area contributed by atoms with Crippen LogP contribution in [-0.4, -0.2) is 16.5 Å². The molecule has 0 radical (unpaired) electrons. The Morgan fingerprint density at radius 3 is 2.35 bits per heavy atom. The largest absolute Gasteiger partial charge is 0.469 e. The summed E-state index contributed by atoms with van der Waals surface area (Å²) in [5.41, 5.74) is -1.05. The van der Waals surface area contributed by atoms with Crippen molar-refractivity contribution in [3.05, 3.63) is 48.3 Å². The van der Waals surface area contributed by atoms with Crippen LogP contribution >= 0.6 is 0 Å². The zero-order valence-electron chi connectivity index (χ0n) is 11.6. The van der Waals surface area contributed by atoms with Crippen LogP contribution in [0.2, 0.25) is 0 Å². The summed E-state index contributed by atoms with van der Waals surface area (Å²) in [5.74, 6) is 0.762. The molecular weight excluding hydrogens is 256 g/mol. The Balaban J connectivity index is 2.08. The molecule has 1 aliphatic carbocycles. The van der Waals surface area contributed by atoms with E-state index in [1.165, 1.54) is 6.92 Å². The van der Waals surface area contributed by atoms with E-state index in [2.05, 4.69) is 0 Å². The third-order valence-electron chi connectivity index (χ3n) is 4.31. The Bertz CT molecular complexity index is 580. The van der Waals surface area contributed by atoms with Crippen molar-refractivity contribution >= 4 is 5.78 Å². The number of aliphatic hydroxyl groups is 1. The number of rotatable bonds is 3. The minimum Gasteiger partial charge on any atom is -0.469 e. The van der Waals surface area contributed by atoms with Crippen LogP contribution < -0.4 is 0 Å². The molecule has 0 saturated heterocycles. The quantitative estimate of drug-likeness (QED) is 0.934. The second kappa shape index (κ2) is 4.63. The van der Waals surface area contributed by atoms with Crippen molar-refractivity contribution in [2.75, 3.05) is 0 Å². The highest BCUT2D eigenvalue weighted by atomic mass is 16.3. The maximum absolute atomic E-state index is 12.1. The number of carbonyl (C=O) groups excluding carboxylic acids is 1. The third-order valence-corrected chi connectivity index (χ3v) is 4.31. The van der Waals surface area contributed by atoms with Crippen LogP contribution in [0.4, 0.5) is 0 Å². The minimum absolute atomic E-state index is 0.0227. The molecule has 4 nitrogen and oxygen atoms in total. The summed E-state index contributed by atoms with van der Waals surface area (Å²) in [5, 5.41) is 10.7. The first-order valence-electron chi connectivity index (χ1n) is 6.80. The first kappa shape index (κ1) is 13.2. The Labute approximate surface area is 117 Å². The molecule has 3 rings (SSSR count). The van der Waals surface area contributed by atoms with Gasteiger partial charge in [-0.2, -0.15) is 0 Å². The lowest BCUT2D eigenvalue weighted by atomic mass is 9.81. The second-order valence-corrected chi connectivity index (χ2v) is 5.81. The van der Waals surface area contributed by atoms with Crippen LogP contribution in [0.1, 0.15) is 43.6 Å². The van der Waals surface area contributed by atoms with Gasteiger partial charge in [0.2, 0.25) is 0 Å². The summed E-state index contributed by atoms with van der Waals surface area (Å²) in [6.45, 7) is 3.25. The molecule has 0 aliphatic heterocycles. The van der Waals surface area contributed by atoms with Crippen LogP contribution in [0, 0.1) is 5.92 Å². The normalized spacial score (nSPS) is 33.5. The number of hydrogen-bond acceptors (Lipinski definition) is 4. The van der Waals surface area contributed by atoms with E-state index in [9.17, 15) is 9.90 Å². The molecular formula is C16H18O4. The van der Waals surface area contributed by atoms with Crippen molar-refractivity contribution in [1.82, 2.24) is 0 Å². The van der Waals surface area contributed by atoms with E-state index in [-0.39, 0.29) is 17.6 Å². The summed E-state index contributed by atoms with van der Waals surface area (Å²) in [4.78, 5) is 12.1. The number of carbonyl (C=O) groups is 1. The van der Waals surface area contributed by atoms with Gasteiger partial charge >= 0.3 is 0 Å². The number of ketones is 1. The lowest BCUT2D eigenvalue weighted by molar-refractivity contribution is -0.127. The topological polar surface area (TPSA) is 63.6 Å². The maximum atomic E-state index is 12.1. The van der Waals surface area contributed by atoms with E-state index in [1.807, 2.05) is 18.2 Å². The van der Waals surface area contributed by atoms with Crippen molar-refractivity contribution in [2.24, 2.45) is 5.92 Å². The van der Waals surface area contributed by atoms with Gasteiger partial charge in [-0.25, -0.2) is 0 Å². The molecule has 2 aromatic heterocycles. The van der Waals surface area contributed by atoms with Crippen LogP contribution in [0.25, 0.3) is 0 Å². The average molecular weight is 274 g/mol. The van der Waals surface area contributed by atoms with Crippen molar-refractivity contribution < 1.29 is 18.7 Å². The number of Topliss-reactive ketones (excluding diaryl/α,β-unsaturated/α-hetero) is 1. The molecule has 2 heterocycles. The molecule has 1 fully saturated rings. The highest BCUT2D eigenvalue weighted by Crippen LogP contribution is 2.54. The number of furan rings is 2. The van der Waals surface area contributed by atoms with E-state index in [4.69, 9.17) is 8.83 Å². The van der Waals surface area contributed by atoms with Gasteiger partial charge in [0.25, 0.3) is 0 Å². The van der Waals surface area contributed by atoms with E-state index < -0.39 is 11.5 Å². The van der Waals surface area contributed by atoms with Gasteiger partial charge in [0.15, 0.2) is 0 Å². The summed E-state index contributed by atoms with van der Waals surface area (Å²) in [6.07, 6.45) is 3.69. The Morgan fingerprint density at radius 1 is 1.25 bits per heavy atom. The van der Waals surface area contributed by atoms with Crippen LogP contribution in [0.15, 0.2) is 45.6 Å². The van der Waals surface area contributed by atoms with Crippen LogP contribution in [0.5, 0.6) is 0 Å². The van der Waals surface area contributed by atoms with E-state index in [1.54, 1.807) is 25.5 Å². The lowest BCUT2D eigenvalue weighted by Gasteiger charge is -2.26. The SMILES string of the molecule is CC(=O)[C@@H]1[C@@H](c2ccco2)[C@H](c2ccco2)C[C@@]1(C)O. The molecule has 1 N–H and O–H groups in total. The predicted molar refractivity (Wildman–Crippen MR) is 72.3 cm³/mol. The molecule has 106 valence electrons. The Kier molecular flexibility index (Phi) is 3.05. The lowest BCUT2D eigenvalue weighted by Crippen LogP contribution is -2.35. The van der Waals surface area contributed by atoms with Gasteiger partial charge in [-0.05, 0) is 44.5 Å². The van der Waals surface area contributed by atoms with Gasteiger partial charge in [-0.3, -0.25) is 4.79 Å². The summed E-state index contributed by atoms with van der Waals surface area (Å²) in [7, 11) is 0. The smallest absolute Gasteiger partial charge is 0.136 e. The number of hydrogen-bond donors (Lipinski definition) is 1. The third kappa shape index (κ3) is 2.00. The Hall–Kier alpha value is -1.81. The van der Waals surface area contributed by atoms with Gasteiger partial charge in [-0.15, -0.1) is 0 Å². The standard InChI is InChI=1S/C16H18O4/c1-10(17)15-14(13-6-4-8-20-13)11(9-16(15,2)18)12-5-3-7-19-12/h3-8,11,14-15,18H,9H2,1-2H3/t11-,14+,15+,16+/m0/s1. The fourth-order valence-corrected chi connectivity index (χ4v) is 3.63. The molecule has 20 heavy (non-hydrogen) atoms. The fraction of sp³-hybridized carbons (Fsp3) is 0.438. The van der Waals surface area contributed by atoms with E-state index >= 15 is 0 Å². The Morgan fingerprint density at radius 2 is 1.85 bits per heavy atom. The molecule has 0 unspecified atom stereocenters. The zero-order valence-corrected chi connectivity index (χ0v) is 11.6. The first-order valence-corrected chi connectivity index (χ1v) is 6.80. The van der Waals surface area contributed by atoms with Crippen LogP contribution in [-0.2, 0) is 4.79 Å². The zero-order chi connectivity index (χ0) is 14.3. The summed E-state index contributed by atoms with van der Waals surface area (Å²) >= 11 is 0. The highest BCUT2D eigenvalue weighted by molar-refractivity contribution is 5.81. The molecule has 0 bridgehead atoms. The van der Waals surface area contributed by atoms with Gasteiger partial charge < -0.3 is 13.9 Å². The van der Waals surface area contributed by atoms with Crippen molar-refractivity contribution in [1.29, 1.82) is 0 Å². The summed E-state index contributed by atoms with van der Waals surface area (Å²) < 4.78 is 11.0. The van der Waals surface area contributed by atoms with E-state index in [0.717, 1.165) is 11.5 Å². The first-order chi connectivity index (χ1) is 9.50. The van der Waals surface area contributed by atoms with Gasteiger partial charge in [0.1, 0.15) is 17.3 Å². The van der Waals surface area contributed by atoms with Crippen LogP contribution in [0.3, 0.4) is 0 Å². The van der Waals surface area contributed by atoms with Gasteiger partial charge in [-0.1, -0.05) is 0 Å². The minimum atomic E-state index is -1.05. The second-order valence-electron chi connectivity index (χ2n) is 5.81. The highest BCUT2D eigenvalue weighted by Gasteiger charge is 2.54. The molecule has 4 atom stereocenters. The molecule has 0 spiro atoms.